The molecule has 0 atom stereocenters. The molecule has 0 spiro atoms. The molecule has 1 aliphatic rings. The summed E-state index contributed by atoms with van der Waals surface area (Å²) < 4.78 is 5.24. The molecule has 0 saturated carbocycles. The summed E-state index contributed by atoms with van der Waals surface area (Å²) in [4.78, 5) is 17.9. The SMILES string of the molecule is Cc1cc(C(=O)N(C)CC2(O)CCOCC2)ccn1. The smallest absolute Gasteiger partial charge is 0.253 e. The van der Waals surface area contributed by atoms with Crippen molar-refractivity contribution in [2.75, 3.05) is 26.8 Å². The predicted octanol–water partition coefficient (Wildman–Crippen LogP) is 1.00. The number of pyridine rings is 1. The molecule has 19 heavy (non-hydrogen) atoms. The molecule has 1 amide bonds. The Labute approximate surface area is 113 Å². The summed E-state index contributed by atoms with van der Waals surface area (Å²) in [7, 11) is 1.71. The average molecular weight is 264 g/mol. The summed E-state index contributed by atoms with van der Waals surface area (Å²) in [6.45, 7) is 3.28. The number of aromatic nitrogens is 1. The van der Waals surface area contributed by atoms with Crippen molar-refractivity contribution in [2.24, 2.45) is 0 Å². The molecule has 0 unspecified atom stereocenters. The molecule has 1 aliphatic heterocycles. The van der Waals surface area contributed by atoms with Gasteiger partial charge in [-0.05, 0) is 19.1 Å². The van der Waals surface area contributed by atoms with Gasteiger partial charge in [0.25, 0.3) is 5.91 Å². The van der Waals surface area contributed by atoms with Gasteiger partial charge in [0.1, 0.15) is 0 Å². The third kappa shape index (κ3) is 3.52. The first-order valence-corrected chi connectivity index (χ1v) is 6.48. The first-order chi connectivity index (χ1) is 9.00. The number of aliphatic hydroxyl groups is 1. The Morgan fingerprint density at radius 3 is 2.84 bits per heavy atom. The number of amides is 1. The third-order valence-corrected chi connectivity index (χ3v) is 3.45. The van der Waals surface area contributed by atoms with Crippen LogP contribution in [0.3, 0.4) is 0 Å². The van der Waals surface area contributed by atoms with Crippen molar-refractivity contribution in [3.8, 4) is 0 Å². The van der Waals surface area contributed by atoms with E-state index in [0.29, 0.717) is 38.2 Å². The van der Waals surface area contributed by atoms with Gasteiger partial charge in [-0.15, -0.1) is 0 Å². The van der Waals surface area contributed by atoms with Crippen LogP contribution in [0.2, 0.25) is 0 Å². The molecule has 5 nitrogen and oxygen atoms in total. The highest BCUT2D eigenvalue weighted by molar-refractivity contribution is 5.94. The van der Waals surface area contributed by atoms with E-state index in [1.807, 2.05) is 6.92 Å². The van der Waals surface area contributed by atoms with Crippen molar-refractivity contribution in [2.45, 2.75) is 25.4 Å². The fraction of sp³-hybridized carbons (Fsp3) is 0.571. The van der Waals surface area contributed by atoms with Crippen LogP contribution in [0.25, 0.3) is 0 Å². The minimum Gasteiger partial charge on any atom is -0.388 e. The zero-order valence-corrected chi connectivity index (χ0v) is 11.4. The summed E-state index contributed by atoms with van der Waals surface area (Å²) in [6.07, 6.45) is 2.76. The maximum absolute atomic E-state index is 12.3. The second-order valence-corrected chi connectivity index (χ2v) is 5.18. The number of carbonyl (C=O) groups excluding carboxylic acids is 1. The molecule has 1 N–H and O–H groups in total. The van der Waals surface area contributed by atoms with Gasteiger partial charge in [0.15, 0.2) is 0 Å². The van der Waals surface area contributed by atoms with Crippen molar-refractivity contribution in [1.29, 1.82) is 0 Å². The molecule has 1 aromatic heterocycles. The van der Waals surface area contributed by atoms with Crippen molar-refractivity contribution >= 4 is 5.91 Å². The predicted molar refractivity (Wildman–Crippen MR) is 70.9 cm³/mol. The van der Waals surface area contributed by atoms with E-state index < -0.39 is 5.60 Å². The van der Waals surface area contributed by atoms with Crippen LogP contribution in [-0.2, 0) is 4.74 Å². The summed E-state index contributed by atoms with van der Waals surface area (Å²) in [5.74, 6) is -0.0922. The third-order valence-electron chi connectivity index (χ3n) is 3.45. The molecule has 0 aromatic carbocycles. The Hall–Kier alpha value is -1.46. The van der Waals surface area contributed by atoms with Crippen molar-refractivity contribution in [1.82, 2.24) is 9.88 Å². The highest BCUT2D eigenvalue weighted by Gasteiger charge is 2.32. The van der Waals surface area contributed by atoms with Crippen LogP contribution in [0.1, 0.15) is 28.9 Å². The van der Waals surface area contributed by atoms with E-state index in [4.69, 9.17) is 4.74 Å². The second kappa shape index (κ2) is 5.67. The first-order valence-electron chi connectivity index (χ1n) is 6.48. The number of ether oxygens (including phenoxy) is 1. The Morgan fingerprint density at radius 1 is 1.53 bits per heavy atom. The molecule has 0 aliphatic carbocycles. The topological polar surface area (TPSA) is 62.7 Å². The van der Waals surface area contributed by atoms with E-state index in [1.54, 1.807) is 30.3 Å². The summed E-state index contributed by atoms with van der Waals surface area (Å²) in [5.41, 5.74) is 0.583. The number of hydrogen-bond acceptors (Lipinski definition) is 4. The molecule has 1 saturated heterocycles. The van der Waals surface area contributed by atoms with E-state index >= 15 is 0 Å². The van der Waals surface area contributed by atoms with Crippen molar-refractivity contribution in [3.63, 3.8) is 0 Å². The van der Waals surface area contributed by atoms with E-state index in [-0.39, 0.29) is 5.91 Å². The molecule has 1 fully saturated rings. The number of nitrogens with zero attached hydrogens (tertiary/aromatic N) is 2. The molecule has 5 heteroatoms. The Kier molecular flexibility index (Phi) is 4.17. The van der Waals surface area contributed by atoms with E-state index in [9.17, 15) is 9.90 Å². The maximum Gasteiger partial charge on any atom is 0.253 e. The highest BCUT2D eigenvalue weighted by atomic mass is 16.5. The van der Waals surface area contributed by atoms with Gasteiger partial charge < -0.3 is 14.7 Å². The van der Waals surface area contributed by atoms with Gasteiger partial charge in [0.05, 0.1) is 5.60 Å². The van der Waals surface area contributed by atoms with Gasteiger partial charge >= 0.3 is 0 Å². The minimum absolute atomic E-state index is 0.0922. The molecular formula is C14H20N2O3. The van der Waals surface area contributed by atoms with Crippen LogP contribution in [0.5, 0.6) is 0 Å². The largest absolute Gasteiger partial charge is 0.388 e. The molecule has 104 valence electrons. The molecular weight excluding hydrogens is 244 g/mol. The van der Waals surface area contributed by atoms with Crippen LogP contribution >= 0.6 is 0 Å². The van der Waals surface area contributed by atoms with Crippen LogP contribution in [0.15, 0.2) is 18.3 Å². The van der Waals surface area contributed by atoms with Crippen LogP contribution in [0, 0.1) is 6.92 Å². The van der Waals surface area contributed by atoms with Gasteiger partial charge in [0.2, 0.25) is 0 Å². The lowest BCUT2D eigenvalue weighted by Gasteiger charge is -2.35. The number of hydrogen-bond donors (Lipinski definition) is 1. The van der Waals surface area contributed by atoms with Crippen LogP contribution in [0.4, 0.5) is 0 Å². The normalized spacial score (nSPS) is 18.1. The fourth-order valence-corrected chi connectivity index (χ4v) is 2.32. The number of aryl methyl sites for hydroxylation is 1. The fourth-order valence-electron chi connectivity index (χ4n) is 2.32. The standard InChI is InChI=1S/C14H20N2O3/c1-11-9-12(3-6-15-11)13(17)16(2)10-14(18)4-7-19-8-5-14/h3,6,9,18H,4-5,7-8,10H2,1-2H3. The number of rotatable bonds is 3. The van der Waals surface area contributed by atoms with Crippen LogP contribution in [-0.4, -0.2) is 53.3 Å². The molecule has 0 bridgehead atoms. The van der Waals surface area contributed by atoms with Crippen LogP contribution < -0.4 is 0 Å². The van der Waals surface area contributed by atoms with E-state index in [0.717, 1.165) is 5.69 Å². The minimum atomic E-state index is -0.829. The second-order valence-electron chi connectivity index (χ2n) is 5.18. The highest BCUT2D eigenvalue weighted by Crippen LogP contribution is 2.21. The first kappa shape index (κ1) is 14.0. The van der Waals surface area contributed by atoms with Gasteiger partial charge in [-0.25, -0.2) is 0 Å². The lowest BCUT2D eigenvalue weighted by Crippen LogP contribution is -2.47. The zero-order valence-electron chi connectivity index (χ0n) is 11.4. The summed E-state index contributed by atoms with van der Waals surface area (Å²) in [5, 5.41) is 10.4. The van der Waals surface area contributed by atoms with Crippen molar-refractivity contribution < 1.29 is 14.6 Å². The quantitative estimate of drug-likeness (QED) is 0.885. The average Bonchev–Trinajstić information content (AvgIpc) is 2.38. The zero-order chi connectivity index (χ0) is 13.9. The number of likely N-dealkylation sites (N-methyl/N-ethyl adjacent to an activating group) is 1. The Balaban J connectivity index is 2.03. The Morgan fingerprint density at radius 2 is 2.21 bits per heavy atom. The van der Waals surface area contributed by atoms with E-state index in [1.165, 1.54) is 0 Å². The maximum atomic E-state index is 12.3. The lowest BCUT2D eigenvalue weighted by molar-refractivity contribution is -0.0734. The van der Waals surface area contributed by atoms with Gasteiger partial charge in [-0.3, -0.25) is 9.78 Å². The molecule has 0 radical (unpaired) electrons. The Bertz CT molecular complexity index is 456. The molecule has 2 rings (SSSR count). The monoisotopic (exact) mass is 264 g/mol. The van der Waals surface area contributed by atoms with Gasteiger partial charge in [0, 0.05) is 57.1 Å². The van der Waals surface area contributed by atoms with Gasteiger partial charge in [-0.1, -0.05) is 0 Å². The number of carbonyl (C=O) groups is 1. The summed E-state index contributed by atoms with van der Waals surface area (Å²) >= 11 is 0. The lowest BCUT2D eigenvalue weighted by atomic mass is 9.94. The van der Waals surface area contributed by atoms with Gasteiger partial charge in [-0.2, -0.15) is 0 Å². The van der Waals surface area contributed by atoms with E-state index in [2.05, 4.69) is 4.98 Å². The molecule has 2 heterocycles. The van der Waals surface area contributed by atoms with Crippen molar-refractivity contribution in [3.05, 3.63) is 29.6 Å². The summed E-state index contributed by atoms with van der Waals surface area (Å²) in [6, 6.07) is 3.45. The molecule has 1 aromatic rings.